The van der Waals surface area contributed by atoms with Gasteiger partial charge in [-0.1, -0.05) is 11.6 Å². The van der Waals surface area contributed by atoms with Crippen molar-refractivity contribution in [3.8, 4) is 5.75 Å². The minimum Gasteiger partial charge on any atom is -0.403 e. The van der Waals surface area contributed by atoms with Crippen molar-refractivity contribution in [3.63, 3.8) is 0 Å². The van der Waals surface area contributed by atoms with Gasteiger partial charge in [-0.05, 0) is 41.6 Å². The van der Waals surface area contributed by atoms with Crippen molar-refractivity contribution < 1.29 is 22.7 Å². The van der Waals surface area contributed by atoms with Crippen LogP contribution in [0.5, 0.6) is 5.75 Å². The number of halogens is 5. The molecule has 0 aliphatic rings. The third-order valence-corrected chi connectivity index (χ3v) is 2.83. The summed E-state index contributed by atoms with van der Waals surface area (Å²) in [5.41, 5.74) is -0.162. The van der Waals surface area contributed by atoms with Crippen molar-refractivity contribution >= 4 is 40.0 Å². The second-order valence-electron chi connectivity index (χ2n) is 2.84. The molecular formula is C9H5ClF3IO2. The zero-order valence-corrected chi connectivity index (χ0v) is 10.8. The summed E-state index contributed by atoms with van der Waals surface area (Å²) in [6, 6.07) is 2.69. The molecule has 0 N–H and O–H groups in total. The van der Waals surface area contributed by atoms with Crippen LogP contribution in [-0.2, 0) is 0 Å². The second-order valence-corrected chi connectivity index (χ2v) is 4.41. The minimum absolute atomic E-state index is 0.162. The second kappa shape index (κ2) is 4.79. The van der Waals surface area contributed by atoms with E-state index in [1.807, 2.05) is 0 Å². The van der Waals surface area contributed by atoms with Crippen LogP contribution in [0.3, 0.4) is 0 Å². The van der Waals surface area contributed by atoms with Gasteiger partial charge < -0.3 is 4.74 Å². The van der Waals surface area contributed by atoms with E-state index in [0.717, 1.165) is 6.92 Å². The van der Waals surface area contributed by atoms with Gasteiger partial charge in [0, 0.05) is 3.57 Å². The van der Waals surface area contributed by atoms with E-state index in [-0.39, 0.29) is 10.6 Å². The average Bonchev–Trinajstić information content (AvgIpc) is 2.08. The van der Waals surface area contributed by atoms with E-state index in [1.54, 1.807) is 22.6 Å². The summed E-state index contributed by atoms with van der Waals surface area (Å²) in [7, 11) is 0. The molecule has 0 saturated carbocycles. The van der Waals surface area contributed by atoms with Gasteiger partial charge in [0.05, 0.1) is 10.6 Å². The molecule has 1 aromatic rings. The first kappa shape index (κ1) is 13.6. The molecule has 0 fully saturated rings. The number of hydrogen-bond acceptors (Lipinski definition) is 2. The summed E-state index contributed by atoms with van der Waals surface area (Å²) in [5, 5.41) is -0.247. The molecule has 1 aromatic carbocycles. The summed E-state index contributed by atoms with van der Waals surface area (Å²) < 4.78 is 40.4. The predicted octanol–water partition coefficient (Wildman–Crippen LogP) is 4.05. The Balaban J connectivity index is 3.35. The lowest BCUT2D eigenvalue weighted by atomic mass is 10.1. The van der Waals surface area contributed by atoms with Crippen LogP contribution in [-0.4, -0.2) is 12.1 Å². The first-order valence-electron chi connectivity index (χ1n) is 3.97. The van der Waals surface area contributed by atoms with E-state index in [2.05, 4.69) is 4.74 Å². The number of carbonyl (C=O) groups is 1. The van der Waals surface area contributed by atoms with Crippen molar-refractivity contribution in [1.82, 2.24) is 0 Å². The lowest BCUT2D eigenvalue weighted by Gasteiger charge is -2.14. The molecule has 0 saturated heterocycles. The van der Waals surface area contributed by atoms with E-state index in [4.69, 9.17) is 11.6 Å². The molecule has 0 amide bonds. The average molecular weight is 364 g/mol. The number of hydrogen-bond donors (Lipinski definition) is 0. The molecule has 0 aliphatic carbocycles. The van der Waals surface area contributed by atoms with E-state index < -0.39 is 17.9 Å². The molecule has 88 valence electrons. The quantitative estimate of drug-likeness (QED) is 0.585. The summed E-state index contributed by atoms with van der Waals surface area (Å²) in [5.74, 6) is -1.18. The number of Topliss-reactive ketones (excluding diaryl/α,β-unsaturated/α-hetero) is 1. The lowest BCUT2D eigenvalue weighted by molar-refractivity contribution is -0.274. The molecule has 16 heavy (non-hydrogen) atoms. The Hall–Kier alpha value is -0.500. The van der Waals surface area contributed by atoms with Crippen LogP contribution in [0.2, 0.25) is 5.02 Å². The van der Waals surface area contributed by atoms with Crippen LogP contribution in [0.15, 0.2) is 12.1 Å². The predicted molar refractivity (Wildman–Crippen MR) is 60.9 cm³/mol. The third-order valence-electron chi connectivity index (χ3n) is 1.63. The van der Waals surface area contributed by atoms with Gasteiger partial charge in [-0.15, -0.1) is 13.2 Å². The first-order valence-corrected chi connectivity index (χ1v) is 5.42. The fourth-order valence-electron chi connectivity index (χ4n) is 1.08. The Morgan fingerprint density at radius 2 is 2.00 bits per heavy atom. The maximum absolute atomic E-state index is 12.1. The Morgan fingerprint density at radius 1 is 1.44 bits per heavy atom. The monoisotopic (exact) mass is 364 g/mol. The summed E-state index contributed by atoms with van der Waals surface area (Å²) in [6.45, 7) is 1.15. The third kappa shape index (κ3) is 3.24. The molecule has 0 spiro atoms. The number of benzene rings is 1. The van der Waals surface area contributed by atoms with Gasteiger partial charge in [0.25, 0.3) is 0 Å². The van der Waals surface area contributed by atoms with Crippen molar-refractivity contribution in [3.05, 3.63) is 26.3 Å². The summed E-state index contributed by atoms with van der Waals surface area (Å²) in [6.07, 6.45) is -4.88. The number of alkyl halides is 3. The van der Waals surface area contributed by atoms with Crippen LogP contribution in [0.25, 0.3) is 0 Å². The van der Waals surface area contributed by atoms with Crippen LogP contribution in [0.1, 0.15) is 17.3 Å². The van der Waals surface area contributed by atoms with Crippen LogP contribution in [0, 0.1) is 3.57 Å². The highest BCUT2D eigenvalue weighted by Crippen LogP contribution is 2.36. The van der Waals surface area contributed by atoms with Crippen molar-refractivity contribution in [1.29, 1.82) is 0 Å². The van der Waals surface area contributed by atoms with E-state index in [9.17, 15) is 18.0 Å². The number of ketones is 1. The molecule has 0 aliphatic heterocycles. The van der Waals surface area contributed by atoms with Gasteiger partial charge in [-0.25, -0.2) is 0 Å². The number of rotatable bonds is 2. The normalized spacial score (nSPS) is 11.4. The molecule has 0 aromatic heterocycles. The van der Waals surface area contributed by atoms with Crippen LogP contribution >= 0.6 is 34.2 Å². The molecular weight excluding hydrogens is 359 g/mol. The van der Waals surface area contributed by atoms with Crippen molar-refractivity contribution in [2.45, 2.75) is 13.3 Å². The summed E-state index contributed by atoms with van der Waals surface area (Å²) >= 11 is 7.31. The Bertz CT molecular complexity index is 431. The maximum Gasteiger partial charge on any atom is 0.573 e. The van der Waals surface area contributed by atoms with Gasteiger partial charge in [0.2, 0.25) is 0 Å². The highest BCUT2D eigenvalue weighted by atomic mass is 127. The van der Waals surface area contributed by atoms with E-state index >= 15 is 0 Å². The maximum atomic E-state index is 12.1. The molecule has 1 rings (SSSR count). The van der Waals surface area contributed by atoms with Gasteiger partial charge in [-0.3, -0.25) is 4.79 Å². The Labute approximate surface area is 108 Å². The van der Waals surface area contributed by atoms with Gasteiger partial charge in [0.15, 0.2) is 11.5 Å². The largest absolute Gasteiger partial charge is 0.573 e. The summed E-state index contributed by atoms with van der Waals surface area (Å²) in [4.78, 5) is 11.2. The topological polar surface area (TPSA) is 26.3 Å². The number of carbonyl (C=O) groups excluding carboxylic acids is 1. The standard InChI is InChI=1S/C9H5ClF3IO2/c1-4(15)7-6(14)3-2-5(10)8(7)16-9(11,12)13/h2-3H,1H3. The molecule has 0 bridgehead atoms. The first-order chi connectivity index (χ1) is 7.22. The Morgan fingerprint density at radius 3 is 2.44 bits per heavy atom. The van der Waals surface area contributed by atoms with Crippen molar-refractivity contribution in [2.24, 2.45) is 0 Å². The zero-order chi connectivity index (χ0) is 12.5. The van der Waals surface area contributed by atoms with Crippen molar-refractivity contribution in [2.75, 3.05) is 0 Å². The highest BCUT2D eigenvalue weighted by molar-refractivity contribution is 14.1. The van der Waals surface area contributed by atoms with Gasteiger partial charge in [-0.2, -0.15) is 0 Å². The lowest BCUT2D eigenvalue weighted by Crippen LogP contribution is -2.19. The minimum atomic E-state index is -4.88. The van der Waals surface area contributed by atoms with Crippen LogP contribution < -0.4 is 4.74 Å². The van der Waals surface area contributed by atoms with Gasteiger partial charge in [0.1, 0.15) is 0 Å². The van der Waals surface area contributed by atoms with Crippen LogP contribution in [0.4, 0.5) is 13.2 Å². The van der Waals surface area contributed by atoms with E-state index in [0.29, 0.717) is 3.57 Å². The molecule has 0 radical (unpaired) electrons. The molecule has 2 nitrogen and oxygen atoms in total. The van der Waals surface area contributed by atoms with E-state index in [1.165, 1.54) is 12.1 Å². The SMILES string of the molecule is CC(=O)c1c(I)ccc(Cl)c1OC(F)(F)F. The zero-order valence-electron chi connectivity index (χ0n) is 7.86. The molecule has 7 heteroatoms. The highest BCUT2D eigenvalue weighted by Gasteiger charge is 2.34. The molecule has 0 heterocycles. The molecule has 0 unspecified atom stereocenters. The molecule has 0 atom stereocenters. The Kier molecular flexibility index (Phi) is 4.06. The fourth-order valence-corrected chi connectivity index (χ4v) is 2.08. The number of ether oxygens (including phenoxy) is 1. The van der Waals surface area contributed by atoms with Gasteiger partial charge >= 0.3 is 6.36 Å². The smallest absolute Gasteiger partial charge is 0.403 e. The fraction of sp³-hybridized carbons (Fsp3) is 0.222.